The molecule has 0 saturated carbocycles. The third kappa shape index (κ3) is 7.42. The summed E-state index contributed by atoms with van der Waals surface area (Å²) in [5, 5.41) is 6.44. The van der Waals surface area contributed by atoms with Crippen LogP contribution in [-0.2, 0) is 17.3 Å². The van der Waals surface area contributed by atoms with Crippen LogP contribution in [0, 0.1) is 26.7 Å². The fourth-order valence-corrected chi connectivity index (χ4v) is 15.9. The highest BCUT2D eigenvalue weighted by molar-refractivity contribution is 6.17. The largest absolute Gasteiger partial charge is 0.314 e. The number of allylic oxidation sites excluding steroid dienone is 4. The highest BCUT2D eigenvalue weighted by Gasteiger charge is 2.50. The van der Waals surface area contributed by atoms with Crippen molar-refractivity contribution in [2.24, 2.45) is 5.92 Å². The molecule has 0 heterocycles. The zero-order valence-electron chi connectivity index (χ0n) is 48.1. The second kappa shape index (κ2) is 19.4. The maximum Gasteiger partial charge on any atom is 0.0714 e. The van der Waals surface area contributed by atoms with Gasteiger partial charge in [0.2, 0.25) is 0 Å². The van der Waals surface area contributed by atoms with Crippen LogP contribution in [0.1, 0.15) is 81.0 Å². The Morgan fingerprint density at radius 3 is 1.51 bits per heavy atom. The number of benzene rings is 12. The Bertz CT molecular complexity index is 4710. The van der Waals surface area contributed by atoms with E-state index >= 15 is 0 Å². The monoisotopic (exact) mass is 1080 g/mol. The van der Waals surface area contributed by atoms with Gasteiger partial charge in [0.05, 0.1) is 16.5 Å². The van der Waals surface area contributed by atoms with E-state index in [0.29, 0.717) is 0 Å². The first-order valence-corrected chi connectivity index (χ1v) is 30.0. The number of fused-ring (bicyclic) bond motifs is 6. The van der Waals surface area contributed by atoms with E-state index in [-0.39, 0.29) is 5.92 Å². The topological polar surface area (TPSA) is 6.48 Å². The van der Waals surface area contributed by atoms with Crippen LogP contribution in [0.2, 0.25) is 0 Å². The Hall–Kier alpha value is -9.76. The molecule has 2 nitrogen and oxygen atoms in total. The molecule has 12 aromatic rings. The van der Waals surface area contributed by atoms with Crippen molar-refractivity contribution < 1.29 is 0 Å². The lowest BCUT2D eigenvalue weighted by atomic mass is 9.62. The minimum atomic E-state index is -0.543. The fraction of sp³-hybridized carbons (Fsp3) is 0.122. The lowest BCUT2D eigenvalue weighted by Crippen LogP contribution is -2.36. The summed E-state index contributed by atoms with van der Waals surface area (Å²) in [6.07, 6.45) is 10.0. The molecule has 1 unspecified atom stereocenters. The molecule has 12 aromatic carbocycles. The first-order chi connectivity index (χ1) is 41.3. The van der Waals surface area contributed by atoms with E-state index in [1.165, 1.54) is 133 Å². The SMILES string of the molecule is CC1=CC(C2(c3cccc(N(C4=c5ccc6ccc(N(c7cccc(C)c7)c7cccc(C8(c9cccc(C)c9)c9ccccc9-c9ccccc98)c7)c7ccc(c5c67)CC4)c4cccc(C)c4)c3)c3ccccc3-c3ccccc32)CC=C1. The molecule has 2 heteroatoms. The summed E-state index contributed by atoms with van der Waals surface area (Å²) in [6, 6.07) is 97.5. The van der Waals surface area contributed by atoms with Crippen molar-refractivity contribution in [3.05, 3.63) is 345 Å². The van der Waals surface area contributed by atoms with E-state index in [2.05, 4.69) is 311 Å². The van der Waals surface area contributed by atoms with Crippen LogP contribution in [-0.4, -0.2) is 0 Å². The second-order valence-electron chi connectivity index (χ2n) is 24.1. The third-order valence-corrected chi connectivity index (χ3v) is 19.2. The Labute approximate surface area is 493 Å². The van der Waals surface area contributed by atoms with Gasteiger partial charge in [-0.3, -0.25) is 0 Å². The molecule has 0 fully saturated rings. The van der Waals surface area contributed by atoms with Crippen LogP contribution in [0.15, 0.2) is 279 Å². The maximum absolute atomic E-state index is 2.61. The molecule has 0 radical (unpaired) electrons. The zero-order chi connectivity index (χ0) is 56.3. The van der Waals surface area contributed by atoms with Crippen LogP contribution < -0.4 is 15.0 Å². The average molecular weight is 1080 g/mol. The van der Waals surface area contributed by atoms with Gasteiger partial charge in [-0.05, 0) is 202 Å². The summed E-state index contributed by atoms with van der Waals surface area (Å²) in [7, 11) is 0. The van der Waals surface area contributed by atoms with E-state index in [0.717, 1.165) is 36.3 Å². The number of hydrogen-bond donors (Lipinski definition) is 0. The molecule has 0 amide bonds. The summed E-state index contributed by atoms with van der Waals surface area (Å²) in [5.41, 5.74) is 27.1. The van der Waals surface area contributed by atoms with Crippen molar-refractivity contribution in [3.63, 3.8) is 0 Å². The first-order valence-electron chi connectivity index (χ1n) is 30.0. The van der Waals surface area contributed by atoms with Gasteiger partial charge in [-0.15, -0.1) is 0 Å². The highest BCUT2D eigenvalue weighted by Crippen LogP contribution is 2.60. The third-order valence-electron chi connectivity index (χ3n) is 19.2. The summed E-state index contributed by atoms with van der Waals surface area (Å²) in [5.74, 6) is 0.228. The van der Waals surface area contributed by atoms with E-state index in [1.807, 2.05) is 0 Å². The van der Waals surface area contributed by atoms with Crippen molar-refractivity contribution in [1.82, 2.24) is 0 Å². The van der Waals surface area contributed by atoms with Crippen molar-refractivity contribution in [3.8, 4) is 22.3 Å². The van der Waals surface area contributed by atoms with Gasteiger partial charge in [0.1, 0.15) is 0 Å². The van der Waals surface area contributed by atoms with Crippen LogP contribution in [0.4, 0.5) is 28.4 Å². The maximum atomic E-state index is 2.61. The minimum Gasteiger partial charge on any atom is -0.314 e. The molecule has 0 bridgehead atoms. The number of hydrogen-bond acceptors (Lipinski definition) is 2. The van der Waals surface area contributed by atoms with Gasteiger partial charge in [-0.2, -0.15) is 0 Å². The first kappa shape index (κ1) is 50.0. The van der Waals surface area contributed by atoms with Gasteiger partial charge in [0.15, 0.2) is 0 Å². The molecular weight excluding hydrogens is 1010 g/mol. The fourth-order valence-electron chi connectivity index (χ4n) is 15.9. The predicted octanol–water partition coefficient (Wildman–Crippen LogP) is 20.2. The molecular formula is C82H64N2. The zero-order valence-corrected chi connectivity index (χ0v) is 48.1. The highest BCUT2D eigenvalue weighted by atomic mass is 15.2. The van der Waals surface area contributed by atoms with E-state index in [9.17, 15) is 0 Å². The van der Waals surface area contributed by atoms with Crippen molar-refractivity contribution in [2.75, 3.05) is 9.80 Å². The van der Waals surface area contributed by atoms with Gasteiger partial charge in [0.25, 0.3) is 0 Å². The van der Waals surface area contributed by atoms with Crippen LogP contribution >= 0.6 is 0 Å². The van der Waals surface area contributed by atoms with Crippen LogP contribution in [0.5, 0.6) is 0 Å². The van der Waals surface area contributed by atoms with Crippen molar-refractivity contribution in [1.29, 1.82) is 0 Å². The molecule has 0 aromatic heterocycles. The Morgan fingerprint density at radius 2 is 0.893 bits per heavy atom. The predicted molar refractivity (Wildman–Crippen MR) is 352 cm³/mol. The molecule has 0 N–H and O–H groups in total. The summed E-state index contributed by atoms with van der Waals surface area (Å²) < 4.78 is 0. The lowest BCUT2D eigenvalue weighted by Gasteiger charge is -2.41. The molecule has 16 rings (SSSR count). The van der Waals surface area contributed by atoms with Crippen molar-refractivity contribution in [2.45, 2.75) is 57.8 Å². The Morgan fingerprint density at radius 1 is 0.393 bits per heavy atom. The second-order valence-corrected chi connectivity index (χ2v) is 24.1. The van der Waals surface area contributed by atoms with E-state index in [1.54, 1.807) is 0 Å². The summed E-state index contributed by atoms with van der Waals surface area (Å²) >= 11 is 0. The van der Waals surface area contributed by atoms with Gasteiger partial charge in [-0.1, -0.05) is 230 Å². The van der Waals surface area contributed by atoms with Gasteiger partial charge < -0.3 is 9.80 Å². The number of rotatable bonds is 10. The smallest absolute Gasteiger partial charge is 0.0714 e. The van der Waals surface area contributed by atoms with E-state index in [4.69, 9.17) is 0 Å². The lowest BCUT2D eigenvalue weighted by molar-refractivity contribution is 0.455. The molecule has 402 valence electrons. The minimum absolute atomic E-state index is 0.228. The summed E-state index contributed by atoms with van der Waals surface area (Å²) in [6.45, 7) is 8.92. The Kier molecular flexibility index (Phi) is 11.6. The average Bonchev–Trinajstić information content (AvgIpc) is 1.83. The van der Waals surface area contributed by atoms with Crippen molar-refractivity contribution >= 4 is 55.7 Å². The van der Waals surface area contributed by atoms with Gasteiger partial charge >= 0.3 is 0 Å². The van der Waals surface area contributed by atoms with Crippen LogP contribution in [0.3, 0.4) is 0 Å². The number of aryl methyl sites for hydroxylation is 4. The molecule has 0 saturated heterocycles. The number of anilines is 5. The van der Waals surface area contributed by atoms with Crippen LogP contribution in [0.25, 0.3) is 49.5 Å². The number of nitrogens with zero attached hydrogens (tertiary/aromatic N) is 2. The molecule has 1 atom stereocenters. The molecule has 84 heavy (non-hydrogen) atoms. The molecule has 0 spiro atoms. The molecule has 4 aliphatic carbocycles. The molecule has 4 aliphatic rings. The van der Waals surface area contributed by atoms with Gasteiger partial charge in [0, 0.05) is 39.1 Å². The van der Waals surface area contributed by atoms with E-state index < -0.39 is 10.8 Å². The normalized spacial score (nSPS) is 15.8. The summed E-state index contributed by atoms with van der Waals surface area (Å²) in [4.78, 5) is 5.14. The quantitative estimate of drug-likeness (QED) is 0.135. The Balaban J connectivity index is 0.913. The molecule has 0 aliphatic heterocycles. The van der Waals surface area contributed by atoms with Gasteiger partial charge in [-0.25, -0.2) is 0 Å². The standard InChI is InChI=1S/C82H64N2/c1-53-19-13-23-59(47-53)81(73-35-9-5-31-67(73)68-32-6-10-36-74(68)81)61-25-17-29-65(51-61)83(63-27-15-21-55(3)49-63)77-45-41-57-40-44-72-78(46-42-58-39-43-71(77)79(57)80(58)72)84(64-28-16-22-56(4)50-64)66-30-18-26-62(52-66)82(60-24-14-20-54(2)48-60)75-37-11-7-33-69(75)70-34-8-12-38-76(70)82/h5-23,25-41,43-45,47-52,60H,24,42,46H2,1-4H3.